The van der Waals surface area contributed by atoms with Gasteiger partial charge in [-0.15, -0.1) is 0 Å². The molecule has 0 aliphatic carbocycles. The summed E-state index contributed by atoms with van der Waals surface area (Å²) in [5.41, 5.74) is 3.69. The maximum atomic E-state index is 14.1. The summed E-state index contributed by atoms with van der Waals surface area (Å²) in [6.45, 7) is 11.3. The van der Waals surface area contributed by atoms with Crippen molar-refractivity contribution in [1.82, 2.24) is 10.2 Å². The van der Waals surface area contributed by atoms with E-state index in [2.05, 4.69) is 5.32 Å². The van der Waals surface area contributed by atoms with Gasteiger partial charge in [-0.25, -0.2) is 8.42 Å². The monoisotopic (exact) mass is 579 g/mol. The van der Waals surface area contributed by atoms with E-state index in [9.17, 15) is 18.0 Å². The molecule has 41 heavy (non-hydrogen) atoms. The van der Waals surface area contributed by atoms with Gasteiger partial charge >= 0.3 is 0 Å². The van der Waals surface area contributed by atoms with E-state index >= 15 is 0 Å². The van der Waals surface area contributed by atoms with Crippen molar-refractivity contribution >= 4 is 27.5 Å². The maximum absolute atomic E-state index is 14.1. The lowest BCUT2D eigenvalue weighted by molar-refractivity contribution is -0.139. The molecule has 3 rings (SSSR count). The number of benzene rings is 3. The van der Waals surface area contributed by atoms with Crippen molar-refractivity contribution in [2.45, 2.75) is 59.0 Å². The molecule has 0 saturated carbocycles. The van der Waals surface area contributed by atoms with E-state index in [1.54, 1.807) is 56.5 Å². The maximum Gasteiger partial charge on any atom is 0.264 e. The molecule has 0 fully saturated rings. The van der Waals surface area contributed by atoms with Crippen LogP contribution in [0.25, 0.3) is 0 Å². The molecule has 8 nitrogen and oxygen atoms in total. The Morgan fingerprint density at radius 3 is 2.07 bits per heavy atom. The normalized spacial score (nSPS) is 12.1. The topological polar surface area (TPSA) is 96.0 Å². The van der Waals surface area contributed by atoms with E-state index in [-0.39, 0.29) is 23.3 Å². The van der Waals surface area contributed by atoms with Gasteiger partial charge in [0, 0.05) is 13.1 Å². The molecule has 9 heteroatoms. The number of methoxy groups -OCH3 is 1. The van der Waals surface area contributed by atoms with E-state index in [1.165, 1.54) is 4.90 Å². The lowest BCUT2D eigenvalue weighted by Crippen LogP contribution is -2.51. The summed E-state index contributed by atoms with van der Waals surface area (Å²) >= 11 is 0. The third-order valence-corrected chi connectivity index (χ3v) is 8.66. The first-order valence-electron chi connectivity index (χ1n) is 13.7. The van der Waals surface area contributed by atoms with Crippen LogP contribution in [0.4, 0.5) is 5.69 Å². The van der Waals surface area contributed by atoms with Crippen LogP contribution >= 0.6 is 0 Å². The number of rotatable bonds is 12. The summed E-state index contributed by atoms with van der Waals surface area (Å²) in [7, 11) is -2.55. The summed E-state index contributed by atoms with van der Waals surface area (Å²) < 4.78 is 34.5. The Morgan fingerprint density at radius 1 is 0.878 bits per heavy atom. The van der Waals surface area contributed by atoms with Crippen LogP contribution in [-0.2, 0) is 26.2 Å². The van der Waals surface area contributed by atoms with Gasteiger partial charge in [-0.1, -0.05) is 55.8 Å². The van der Waals surface area contributed by atoms with Crippen LogP contribution in [0.1, 0.15) is 43.0 Å². The highest BCUT2D eigenvalue weighted by atomic mass is 32.2. The van der Waals surface area contributed by atoms with Crippen LogP contribution in [0.15, 0.2) is 71.6 Å². The summed E-state index contributed by atoms with van der Waals surface area (Å²) in [4.78, 5) is 28.7. The van der Waals surface area contributed by atoms with Crippen LogP contribution in [0.3, 0.4) is 0 Å². The Morgan fingerprint density at radius 2 is 1.49 bits per heavy atom. The number of amides is 2. The minimum Gasteiger partial charge on any atom is -0.497 e. The fraction of sp³-hybridized carbons (Fsp3) is 0.375. The van der Waals surface area contributed by atoms with Crippen LogP contribution in [0, 0.1) is 26.7 Å². The Bertz CT molecular complexity index is 1450. The molecule has 0 unspecified atom stereocenters. The third-order valence-electron chi connectivity index (χ3n) is 6.88. The number of anilines is 1. The fourth-order valence-electron chi connectivity index (χ4n) is 4.30. The molecule has 0 bridgehead atoms. The average molecular weight is 580 g/mol. The smallest absolute Gasteiger partial charge is 0.264 e. The van der Waals surface area contributed by atoms with Crippen molar-refractivity contribution in [2.75, 3.05) is 24.5 Å². The standard InChI is InChI=1S/C32H41N3O5S/c1-22(2)19-33-32(37)26(6)34(20-27-12-14-28(40-7)15-13-27)31(36)21-35(30-18-24(4)8-11-25(30)5)41(38,39)29-16-9-23(3)10-17-29/h8-18,22,26H,19-21H2,1-7H3,(H,33,37)/t26-/m1/s1. The van der Waals surface area contributed by atoms with Crippen molar-refractivity contribution in [1.29, 1.82) is 0 Å². The lowest BCUT2D eigenvalue weighted by Gasteiger charge is -2.32. The van der Waals surface area contributed by atoms with Gasteiger partial charge in [0.05, 0.1) is 17.7 Å². The van der Waals surface area contributed by atoms with Gasteiger partial charge in [0.2, 0.25) is 11.8 Å². The minimum atomic E-state index is -4.12. The van der Waals surface area contributed by atoms with Gasteiger partial charge in [0.1, 0.15) is 18.3 Å². The van der Waals surface area contributed by atoms with E-state index in [1.807, 2.05) is 58.9 Å². The summed E-state index contributed by atoms with van der Waals surface area (Å²) in [6, 6.07) is 18.4. The number of hydrogen-bond acceptors (Lipinski definition) is 5. The van der Waals surface area contributed by atoms with Crippen molar-refractivity contribution < 1.29 is 22.7 Å². The first-order valence-corrected chi connectivity index (χ1v) is 15.1. The molecule has 0 aliphatic rings. The summed E-state index contributed by atoms with van der Waals surface area (Å²) in [6.07, 6.45) is 0. The second-order valence-electron chi connectivity index (χ2n) is 10.8. The predicted octanol–water partition coefficient (Wildman–Crippen LogP) is 5.01. The number of ether oxygens (including phenoxy) is 1. The Hall–Kier alpha value is -3.85. The Labute approximate surface area is 244 Å². The van der Waals surface area contributed by atoms with Crippen molar-refractivity contribution in [3.05, 3.63) is 89.0 Å². The molecule has 220 valence electrons. The highest BCUT2D eigenvalue weighted by Gasteiger charge is 2.33. The molecule has 0 saturated heterocycles. The molecule has 0 spiro atoms. The van der Waals surface area contributed by atoms with Gasteiger partial charge < -0.3 is 15.0 Å². The van der Waals surface area contributed by atoms with Gasteiger partial charge in [-0.3, -0.25) is 13.9 Å². The second kappa shape index (κ2) is 13.7. The van der Waals surface area contributed by atoms with Gasteiger partial charge in [-0.05, 0) is 80.6 Å². The largest absolute Gasteiger partial charge is 0.497 e. The predicted molar refractivity (Wildman–Crippen MR) is 162 cm³/mol. The first-order chi connectivity index (χ1) is 19.3. The Balaban J connectivity index is 2.05. The second-order valence-corrected chi connectivity index (χ2v) is 12.7. The van der Waals surface area contributed by atoms with Crippen LogP contribution in [0.2, 0.25) is 0 Å². The highest BCUT2D eigenvalue weighted by molar-refractivity contribution is 7.92. The molecule has 2 amide bonds. The molecule has 1 atom stereocenters. The van der Waals surface area contributed by atoms with Crippen LogP contribution in [-0.4, -0.2) is 51.4 Å². The zero-order chi connectivity index (χ0) is 30.3. The number of carbonyl (C=O) groups excluding carboxylic acids is 2. The number of aryl methyl sites for hydroxylation is 3. The number of carbonyl (C=O) groups is 2. The zero-order valence-corrected chi connectivity index (χ0v) is 25.8. The van der Waals surface area contributed by atoms with Crippen molar-refractivity contribution in [2.24, 2.45) is 5.92 Å². The SMILES string of the molecule is COc1ccc(CN(C(=O)CN(c2cc(C)ccc2C)S(=O)(=O)c2ccc(C)cc2)[C@H](C)C(=O)NCC(C)C)cc1. The molecule has 0 aromatic heterocycles. The van der Waals surface area contributed by atoms with Gasteiger partial charge in [-0.2, -0.15) is 0 Å². The van der Waals surface area contributed by atoms with E-state index in [0.29, 0.717) is 23.5 Å². The average Bonchev–Trinajstić information content (AvgIpc) is 2.94. The molecule has 0 heterocycles. The van der Waals surface area contributed by atoms with E-state index < -0.39 is 28.5 Å². The number of nitrogens with zero attached hydrogens (tertiary/aromatic N) is 2. The van der Waals surface area contributed by atoms with Crippen molar-refractivity contribution in [3.63, 3.8) is 0 Å². The first kappa shape index (κ1) is 31.7. The van der Waals surface area contributed by atoms with Crippen LogP contribution in [0.5, 0.6) is 5.75 Å². The van der Waals surface area contributed by atoms with Crippen molar-refractivity contribution in [3.8, 4) is 5.75 Å². The molecular formula is C32H41N3O5S. The number of nitrogens with one attached hydrogen (secondary N) is 1. The summed E-state index contributed by atoms with van der Waals surface area (Å²) in [5, 5.41) is 2.90. The minimum absolute atomic E-state index is 0.0845. The zero-order valence-electron chi connectivity index (χ0n) is 25.0. The summed E-state index contributed by atoms with van der Waals surface area (Å²) in [5.74, 6) is 0.0980. The molecule has 3 aromatic rings. The molecule has 0 radical (unpaired) electrons. The molecule has 1 N–H and O–H groups in total. The number of hydrogen-bond donors (Lipinski definition) is 1. The van der Waals surface area contributed by atoms with Crippen LogP contribution < -0.4 is 14.4 Å². The number of sulfonamides is 1. The highest BCUT2D eigenvalue weighted by Crippen LogP contribution is 2.29. The molecule has 0 aliphatic heterocycles. The quantitative estimate of drug-likeness (QED) is 0.326. The Kier molecular flexibility index (Phi) is 10.6. The van der Waals surface area contributed by atoms with E-state index in [4.69, 9.17) is 4.74 Å². The van der Waals surface area contributed by atoms with Gasteiger partial charge in [0.15, 0.2) is 0 Å². The molecule has 3 aromatic carbocycles. The third kappa shape index (κ3) is 8.10. The van der Waals surface area contributed by atoms with E-state index in [0.717, 1.165) is 21.0 Å². The van der Waals surface area contributed by atoms with Gasteiger partial charge in [0.25, 0.3) is 10.0 Å². The lowest BCUT2D eigenvalue weighted by atomic mass is 10.1. The molecular weight excluding hydrogens is 538 g/mol. The fourth-order valence-corrected chi connectivity index (χ4v) is 5.77.